The van der Waals surface area contributed by atoms with Crippen molar-refractivity contribution in [2.24, 2.45) is 0 Å². The lowest BCUT2D eigenvalue weighted by molar-refractivity contribution is -0.119. The fraction of sp³-hybridized carbons (Fsp3) is 0.222. The summed E-state index contributed by atoms with van der Waals surface area (Å²) in [4.78, 5) is 23.8. The van der Waals surface area contributed by atoms with Crippen molar-refractivity contribution in [1.29, 1.82) is 0 Å². The molecule has 0 atom stereocenters. The zero-order valence-corrected chi connectivity index (χ0v) is 12.8. The highest BCUT2D eigenvalue weighted by atomic mass is 16.2. The number of carbonyl (C=O) groups is 2. The topological polar surface area (TPSA) is 58.2 Å². The molecule has 0 aliphatic carbocycles. The average Bonchev–Trinajstić information content (AvgIpc) is 2.56. The second-order valence-corrected chi connectivity index (χ2v) is 5.01. The molecule has 2 N–H and O–H groups in total. The Morgan fingerprint density at radius 2 is 1.68 bits per heavy atom. The van der Waals surface area contributed by atoms with Crippen LogP contribution in [0.3, 0.4) is 0 Å². The Labute approximate surface area is 130 Å². The third-order valence-electron chi connectivity index (χ3n) is 3.52. The molecule has 4 heteroatoms. The highest BCUT2D eigenvalue weighted by Crippen LogP contribution is 2.17. The first-order valence-corrected chi connectivity index (χ1v) is 7.32. The van der Waals surface area contributed by atoms with Crippen molar-refractivity contribution < 1.29 is 9.59 Å². The first-order chi connectivity index (χ1) is 10.6. The second kappa shape index (κ2) is 7.41. The molecule has 22 heavy (non-hydrogen) atoms. The fourth-order valence-electron chi connectivity index (χ4n) is 2.14. The van der Waals surface area contributed by atoms with Crippen molar-refractivity contribution in [2.75, 3.05) is 12.4 Å². The number of likely N-dealkylation sites (N-methyl/N-ethyl adjacent to an activating group) is 1. The molecule has 0 fully saturated rings. The molecule has 0 saturated heterocycles. The molecule has 2 amide bonds. The number of hydrogen-bond donors (Lipinski definition) is 2. The first kappa shape index (κ1) is 15.8. The van der Waals surface area contributed by atoms with E-state index >= 15 is 0 Å². The van der Waals surface area contributed by atoms with E-state index in [4.69, 9.17) is 0 Å². The summed E-state index contributed by atoms with van der Waals surface area (Å²) in [7, 11) is 1.60. The number of amides is 2. The van der Waals surface area contributed by atoms with Crippen molar-refractivity contribution in [2.45, 2.75) is 19.8 Å². The third kappa shape index (κ3) is 3.95. The molecule has 2 aromatic carbocycles. The molecule has 0 spiro atoms. The Kier molecular flexibility index (Phi) is 5.31. The van der Waals surface area contributed by atoms with Crippen molar-refractivity contribution in [1.82, 2.24) is 5.32 Å². The molecule has 0 aliphatic rings. The highest BCUT2D eigenvalue weighted by Gasteiger charge is 2.10. The number of aryl methyl sites for hydroxylation is 1. The Morgan fingerprint density at radius 3 is 2.32 bits per heavy atom. The van der Waals surface area contributed by atoms with Crippen LogP contribution in [0.1, 0.15) is 28.4 Å². The minimum absolute atomic E-state index is 0.0889. The zero-order chi connectivity index (χ0) is 15.9. The van der Waals surface area contributed by atoms with Gasteiger partial charge in [0.1, 0.15) is 0 Å². The Balaban J connectivity index is 2.15. The van der Waals surface area contributed by atoms with Crippen LogP contribution in [-0.4, -0.2) is 18.9 Å². The molecule has 4 nitrogen and oxygen atoms in total. The number of para-hydroxylation sites is 1. The van der Waals surface area contributed by atoms with Gasteiger partial charge in [-0.25, -0.2) is 0 Å². The quantitative estimate of drug-likeness (QED) is 0.891. The Bertz CT molecular complexity index is 663. The molecule has 0 bridgehead atoms. The van der Waals surface area contributed by atoms with Crippen LogP contribution < -0.4 is 10.6 Å². The molecule has 0 heterocycles. The molecule has 0 aromatic heterocycles. The van der Waals surface area contributed by atoms with Gasteiger partial charge in [-0.1, -0.05) is 37.3 Å². The van der Waals surface area contributed by atoms with Crippen LogP contribution >= 0.6 is 0 Å². The maximum Gasteiger partial charge on any atom is 0.255 e. The fourth-order valence-corrected chi connectivity index (χ4v) is 2.14. The largest absolute Gasteiger partial charge is 0.359 e. The molecule has 2 aromatic rings. The predicted octanol–water partition coefficient (Wildman–Crippen LogP) is 2.79. The van der Waals surface area contributed by atoms with E-state index < -0.39 is 0 Å². The average molecular weight is 296 g/mol. The van der Waals surface area contributed by atoms with Gasteiger partial charge in [0.15, 0.2) is 0 Å². The maximum atomic E-state index is 12.3. The number of benzene rings is 2. The van der Waals surface area contributed by atoms with Crippen molar-refractivity contribution in [3.8, 4) is 0 Å². The summed E-state index contributed by atoms with van der Waals surface area (Å²) < 4.78 is 0. The SMILES string of the molecule is CCc1ccc(C(=O)Nc2ccccc2CC(=O)NC)cc1. The number of anilines is 1. The van der Waals surface area contributed by atoms with E-state index in [-0.39, 0.29) is 18.2 Å². The van der Waals surface area contributed by atoms with Crippen LogP contribution in [0.2, 0.25) is 0 Å². The summed E-state index contributed by atoms with van der Waals surface area (Å²) in [5.41, 5.74) is 3.25. The molecular formula is C18H20N2O2. The Hall–Kier alpha value is -2.62. The summed E-state index contributed by atoms with van der Waals surface area (Å²) in [5.74, 6) is -0.263. The van der Waals surface area contributed by atoms with Gasteiger partial charge in [-0.05, 0) is 35.7 Å². The van der Waals surface area contributed by atoms with Crippen LogP contribution in [-0.2, 0) is 17.6 Å². The number of rotatable bonds is 5. The molecule has 2 rings (SSSR count). The van der Waals surface area contributed by atoms with Gasteiger partial charge in [0.2, 0.25) is 5.91 Å². The van der Waals surface area contributed by atoms with Crippen molar-refractivity contribution >= 4 is 17.5 Å². The van der Waals surface area contributed by atoms with Crippen LogP contribution in [0, 0.1) is 0 Å². The van der Waals surface area contributed by atoms with Gasteiger partial charge in [-0.15, -0.1) is 0 Å². The molecule has 0 aliphatic heterocycles. The normalized spacial score (nSPS) is 10.1. The van der Waals surface area contributed by atoms with E-state index in [0.29, 0.717) is 11.3 Å². The number of hydrogen-bond acceptors (Lipinski definition) is 2. The third-order valence-corrected chi connectivity index (χ3v) is 3.52. The number of carbonyl (C=O) groups excluding carboxylic acids is 2. The molecule has 0 unspecified atom stereocenters. The van der Waals surface area contributed by atoms with E-state index in [1.807, 2.05) is 42.5 Å². The maximum absolute atomic E-state index is 12.3. The van der Waals surface area contributed by atoms with E-state index in [9.17, 15) is 9.59 Å². The molecule has 0 saturated carbocycles. The minimum Gasteiger partial charge on any atom is -0.359 e. The van der Waals surface area contributed by atoms with E-state index in [2.05, 4.69) is 17.6 Å². The lowest BCUT2D eigenvalue weighted by Gasteiger charge is -2.11. The van der Waals surface area contributed by atoms with Gasteiger partial charge >= 0.3 is 0 Å². The van der Waals surface area contributed by atoms with Gasteiger partial charge in [-0.3, -0.25) is 9.59 Å². The van der Waals surface area contributed by atoms with Crippen LogP contribution in [0.4, 0.5) is 5.69 Å². The van der Waals surface area contributed by atoms with Gasteiger partial charge in [0, 0.05) is 18.3 Å². The van der Waals surface area contributed by atoms with E-state index in [1.165, 1.54) is 5.56 Å². The second-order valence-electron chi connectivity index (χ2n) is 5.01. The van der Waals surface area contributed by atoms with Crippen molar-refractivity contribution in [3.63, 3.8) is 0 Å². The summed E-state index contributed by atoms with van der Waals surface area (Å²) in [6.45, 7) is 2.07. The van der Waals surface area contributed by atoms with E-state index in [1.54, 1.807) is 13.1 Å². The smallest absolute Gasteiger partial charge is 0.255 e. The molecular weight excluding hydrogens is 276 g/mol. The van der Waals surface area contributed by atoms with Gasteiger partial charge in [0.25, 0.3) is 5.91 Å². The minimum atomic E-state index is -0.174. The van der Waals surface area contributed by atoms with E-state index in [0.717, 1.165) is 12.0 Å². The Morgan fingerprint density at radius 1 is 1.00 bits per heavy atom. The molecule has 114 valence electrons. The lowest BCUT2D eigenvalue weighted by atomic mass is 10.1. The summed E-state index contributed by atoms with van der Waals surface area (Å²) >= 11 is 0. The van der Waals surface area contributed by atoms with Crippen molar-refractivity contribution in [3.05, 3.63) is 65.2 Å². The summed E-state index contributed by atoms with van der Waals surface area (Å²) in [5, 5.41) is 5.46. The highest BCUT2D eigenvalue weighted by molar-refractivity contribution is 6.04. The first-order valence-electron chi connectivity index (χ1n) is 7.32. The van der Waals surface area contributed by atoms with Gasteiger partial charge < -0.3 is 10.6 Å². The summed E-state index contributed by atoms with van der Waals surface area (Å²) in [6.07, 6.45) is 1.18. The van der Waals surface area contributed by atoms with Crippen LogP contribution in [0.15, 0.2) is 48.5 Å². The zero-order valence-electron chi connectivity index (χ0n) is 12.8. The van der Waals surface area contributed by atoms with Gasteiger partial charge in [-0.2, -0.15) is 0 Å². The standard InChI is InChI=1S/C18H20N2O2/c1-3-13-8-10-14(11-9-13)18(22)20-16-7-5-4-6-15(16)12-17(21)19-2/h4-11H,3,12H2,1-2H3,(H,19,21)(H,20,22). The van der Waals surface area contributed by atoms with Crippen LogP contribution in [0.25, 0.3) is 0 Å². The summed E-state index contributed by atoms with van der Waals surface area (Å²) in [6, 6.07) is 14.9. The van der Waals surface area contributed by atoms with Gasteiger partial charge in [0.05, 0.1) is 6.42 Å². The predicted molar refractivity (Wildman–Crippen MR) is 88.0 cm³/mol. The van der Waals surface area contributed by atoms with Crippen LogP contribution in [0.5, 0.6) is 0 Å². The monoisotopic (exact) mass is 296 g/mol. The lowest BCUT2D eigenvalue weighted by Crippen LogP contribution is -2.21. The number of nitrogens with one attached hydrogen (secondary N) is 2. The molecule has 0 radical (unpaired) electrons.